The van der Waals surface area contributed by atoms with Crippen LogP contribution in [0.1, 0.15) is 55.8 Å². The van der Waals surface area contributed by atoms with Gasteiger partial charge in [0.05, 0.1) is 24.5 Å². The summed E-state index contributed by atoms with van der Waals surface area (Å²) >= 11 is 0. The van der Waals surface area contributed by atoms with Crippen molar-refractivity contribution in [1.82, 2.24) is 9.62 Å². The largest absolute Gasteiger partial charge is 0.346 e. The Kier molecular flexibility index (Phi) is 6.89. The third-order valence-corrected chi connectivity index (χ3v) is 7.82. The molecule has 7 heteroatoms. The average Bonchev–Trinajstić information content (AvgIpc) is 2.95. The molecule has 0 spiro atoms. The SMILES string of the molecule is CC[NH+]1CCC[C@@H]1CNC(=O)c1ccc(S(=O)(=O)N2CCCCCC2)cc1. The van der Waals surface area contributed by atoms with E-state index in [1.807, 2.05) is 0 Å². The van der Waals surface area contributed by atoms with Gasteiger partial charge in [-0.05, 0) is 44.0 Å². The zero-order chi connectivity index (χ0) is 19.3. The van der Waals surface area contributed by atoms with E-state index in [4.69, 9.17) is 0 Å². The van der Waals surface area contributed by atoms with Crippen LogP contribution in [0.4, 0.5) is 0 Å². The van der Waals surface area contributed by atoms with E-state index in [-0.39, 0.29) is 10.8 Å². The minimum absolute atomic E-state index is 0.129. The maximum Gasteiger partial charge on any atom is 0.251 e. The maximum atomic E-state index is 12.8. The Morgan fingerprint density at radius 2 is 1.78 bits per heavy atom. The fraction of sp³-hybridized carbons (Fsp3) is 0.650. The Balaban J connectivity index is 1.61. The molecule has 2 heterocycles. The molecule has 150 valence electrons. The predicted molar refractivity (Wildman–Crippen MR) is 105 cm³/mol. The lowest BCUT2D eigenvalue weighted by Crippen LogP contribution is -3.14. The van der Waals surface area contributed by atoms with E-state index in [0.29, 0.717) is 31.2 Å². The number of quaternary nitrogens is 1. The molecule has 0 radical (unpaired) electrons. The molecule has 0 aliphatic carbocycles. The molecule has 2 fully saturated rings. The van der Waals surface area contributed by atoms with Crippen molar-refractivity contribution in [3.05, 3.63) is 29.8 Å². The van der Waals surface area contributed by atoms with Crippen LogP contribution in [0.5, 0.6) is 0 Å². The van der Waals surface area contributed by atoms with Gasteiger partial charge in [-0.2, -0.15) is 4.31 Å². The van der Waals surface area contributed by atoms with Gasteiger partial charge in [-0.1, -0.05) is 12.8 Å². The van der Waals surface area contributed by atoms with Crippen molar-refractivity contribution in [3.63, 3.8) is 0 Å². The lowest BCUT2D eigenvalue weighted by Gasteiger charge is -2.20. The number of likely N-dealkylation sites (tertiary alicyclic amines) is 1. The van der Waals surface area contributed by atoms with Crippen molar-refractivity contribution in [3.8, 4) is 0 Å². The number of hydrogen-bond donors (Lipinski definition) is 2. The normalized spacial score (nSPS) is 24.5. The van der Waals surface area contributed by atoms with Crippen molar-refractivity contribution in [1.29, 1.82) is 0 Å². The van der Waals surface area contributed by atoms with Gasteiger partial charge < -0.3 is 10.2 Å². The number of amides is 1. The van der Waals surface area contributed by atoms with Crippen molar-refractivity contribution >= 4 is 15.9 Å². The second kappa shape index (κ2) is 9.17. The summed E-state index contributed by atoms with van der Waals surface area (Å²) in [6.07, 6.45) is 6.37. The molecule has 2 saturated heterocycles. The van der Waals surface area contributed by atoms with Gasteiger partial charge in [-0.3, -0.25) is 4.79 Å². The van der Waals surface area contributed by atoms with Crippen LogP contribution >= 0.6 is 0 Å². The highest BCUT2D eigenvalue weighted by Gasteiger charge is 2.28. The lowest BCUT2D eigenvalue weighted by molar-refractivity contribution is -0.909. The van der Waals surface area contributed by atoms with E-state index in [2.05, 4.69) is 12.2 Å². The van der Waals surface area contributed by atoms with Gasteiger partial charge in [-0.15, -0.1) is 0 Å². The van der Waals surface area contributed by atoms with Gasteiger partial charge in [0.1, 0.15) is 6.04 Å². The minimum atomic E-state index is -3.47. The molecule has 2 aliphatic heterocycles. The summed E-state index contributed by atoms with van der Waals surface area (Å²) in [6, 6.07) is 6.86. The number of sulfonamides is 1. The third kappa shape index (κ3) is 4.89. The number of rotatable bonds is 6. The fourth-order valence-corrected chi connectivity index (χ4v) is 5.74. The van der Waals surface area contributed by atoms with Crippen LogP contribution < -0.4 is 10.2 Å². The Bertz CT molecular complexity index is 725. The highest BCUT2D eigenvalue weighted by atomic mass is 32.2. The molecule has 1 unspecified atom stereocenters. The van der Waals surface area contributed by atoms with Crippen LogP contribution in [0.25, 0.3) is 0 Å². The van der Waals surface area contributed by atoms with E-state index in [0.717, 1.165) is 38.6 Å². The maximum absolute atomic E-state index is 12.8. The summed E-state index contributed by atoms with van der Waals surface area (Å²) < 4.78 is 27.2. The standard InChI is InChI=1S/C20H31N3O3S/c1-2-22-13-7-8-18(22)16-21-20(24)17-9-11-19(12-10-17)27(25,26)23-14-5-3-4-6-15-23/h9-12,18H,2-8,13-16H2,1H3,(H,21,24)/p+1/t18-/m1/s1. The molecule has 2 atom stereocenters. The quantitative estimate of drug-likeness (QED) is 0.758. The van der Waals surface area contributed by atoms with Crippen molar-refractivity contribution in [2.24, 2.45) is 0 Å². The molecule has 6 nitrogen and oxygen atoms in total. The van der Waals surface area contributed by atoms with Crippen LogP contribution in [-0.2, 0) is 10.0 Å². The number of likely N-dealkylation sites (N-methyl/N-ethyl adjacent to an activating group) is 1. The Labute approximate surface area is 163 Å². The summed E-state index contributed by atoms with van der Waals surface area (Å²) in [5, 5.41) is 3.02. The van der Waals surface area contributed by atoms with Gasteiger partial charge >= 0.3 is 0 Å². The number of carbonyl (C=O) groups excluding carboxylic acids is 1. The van der Waals surface area contributed by atoms with Gasteiger partial charge in [0, 0.05) is 31.5 Å². The molecule has 2 aliphatic rings. The van der Waals surface area contributed by atoms with Gasteiger partial charge in [0.15, 0.2) is 0 Å². The highest BCUT2D eigenvalue weighted by molar-refractivity contribution is 7.89. The number of hydrogen-bond acceptors (Lipinski definition) is 3. The number of carbonyl (C=O) groups is 1. The molecule has 2 N–H and O–H groups in total. The molecule has 0 aromatic heterocycles. The number of nitrogens with zero attached hydrogens (tertiary/aromatic N) is 1. The average molecular weight is 395 g/mol. The van der Waals surface area contributed by atoms with E-state index in [9.17, 15) is 13.2 Å². The summed E-state index contributed by atoms with van der Waals surface area (Å²) in [5.74, 6) is -0.129. The van der Waals surface area contributed by atoms with Crippen LogP contribution in [0.3, 0.4) is 0 Å². The van der Waals surface area contributed by atoms with Crippen LogP contribution in [0, 0.1) is 0 Å². The molecule has 0 saturated carbocycles. The first kappa shape index (κ1) is 20.3. The molecule has 0 bridgehead atoms. The van der Waals surface area contributed by atoms with Crippen molar-refractivity contribution in [2.75, 3.05) is 32.7 Å². The summed E-state index contributed by atoms with van der Waals surface area (Å²) in [6.45, 7) is 6.29. The van der Waals surface area contributed by atoms with Crippen molar-refractivity contribution < 1.29 is 18.1 Å². The van der Waals surface area contributed by atoms with Gasteiger partial charge in [-0.25, -0.2) is 8.42 Å². The second-order valence-corrected chi connectivity index (χ2v) is 9.59. The molecular formula is C20H32N3O3S+. The minimum Gasteiger partial charge on any atom is -0.346 e. The summed E-state index contributed by atoms with van der Waals surface area (Å²) in [5.41, 5.74) is 0.515. The third-order valence-electron chi connectivity index (χ3n) is 5.91. The van der Waals surface area contributed by atoms with Crippen LogP contribution in [-0.4, -0.2) is 57.4 Å². The molecule has 1 aromatic carbocycles. The van der Waals surface area contributed by atoms with Crippen LogP contribution in [0.15, 0.2) is 29.2 Å². The van der Waals surface area contributed by atoms with E-state index < -0.39 is 10.0 Å². The zero-order valence-electron chi connectivity index (χ0n) is 16.2. The topological polar surface area (TPSA) is 70.9 Å². The Morgan fingerprint density at radius 3 is 2.41 bits per heavy atom. The Hall–Kier alpha value is -1.44. The van der Waals surface area contributed by atoms with Gasteiger partial charge in [0.2, 0.25) is 10.0 Å². The predicted octanol–water partition coefficient (Wildman–Crippen LogP) is 1.05. The first-order valence-corrected chi connectivity index (χ1v) is 11.7. The number of benzene rings is 1. The fourth-order valence-electron chi connectivity index (χ4n) is 4.22. The van der Waals surface area contributed by atoms with E-state index in [1.165, 1.54) is 13.0 Å². The smallest absolute Gasteiger partial charge is 0.251 e. The Morgan fingerprint density at radius 1 is 1.11 bits per heavy atom. The second-order valence-electron chi connectivity index (χ2n) is 7.65. The van der Waals surface area contributed by atoms with E-state index >= 15 is 0 Å². The molecule has 3 rings (SSSR count). The molecule has 27 heavy (non-hydrogen) atoms. The zero-order valence-corrected chi connectivity index (χ0v) is 17.1. The molecular weight excluding hydrogens is 362 g/mol. The summed E-state index contributed by atoms with van der Waals surface area (Å²) in [4.78, 5) is 14.3. The first-order valence-electron chi connectivity index (χ1n) is 10.3. The molecule has 1 amide bonds. The summed E-state index contributed by atoms with van der Waals surface area (Å²) in [7, 11) is -3.47. The van der Waals surface area contributed by atoms with Gasteiger partial charge in [0.25, 0.3) is 5.91 Å². The van der Waals surface area contributed by atoms with E-state index in [1.54, 1.807) is 33.5 Å². The number of nitrogens with one attached hydrogen (secondary N) is 2. The lowest BCUT2D eigenvalue weighted by atomic mass is 10.2. The highest BCUT2D eigenvalue weighted by Crippen LogP contribution is 2.20. The first-order chi connectivity index (χ1) is 13.0. The van der Waals surface area contributed by atoms with Crippen LogP contribution in [0.2, 0.25) is 0 Å². The van der Waals surface area contributed by atoms with Crippen molar-refractivity contribution in [2.45, 2.75) is 56.4 Å². The monoisotopic (exact) mass is 394 g/mol. The molecule has 1 aromatic rings.